The number of rotatable bonds is 5. The number of hydrogen-bond donors (Lipinski definition) is 0. The molecule has 0 N–H and O–H groups in total. The van der Waals surface area contributed by atoms with E-state index in [0.717, 1.165) is 93.6 Å². The third-order valence-electron chi connectivity index (χ3n) is 14.1. The van der Waals surface area contributed by atoms with Crippen LogP contribution >= 0.6 is 0 Å². The molecule has 0 aliphatic rings. The number of nitrogens with zero attached hydrogens (tertiary/aromatic N) is 5. The van der Waals surface area contributed by atoms with Crippen LogP contribution in [0.25, 0.3) is 143 Å². The van der Waals surface area contributed by atoms with Crippen molar-refractivity contribution in [1.29, 1.82) is 0 Å². The lowest BCUT2D eigenvalue weighted by molar-refractivity contribution is 0.673. The Labute approximate surface area is 394 Å². The standard InChI is InChI=1S/C63H37N5O/c1-3-17-38(18-4-1)61-64-62(48-29-16-32-54-58(48)47-27-13-14-31-53(47)67(54)43-23-5-2-6-24-43)66-63(65-61)49-30-15-28-46-52-37-57(44-25-11-12-26-45(44)60(52)69-59(46)49)68-55-35-41-21-9-7-19-39(41)33-50(55)51-34-40-20-8-10-22-42(40)36-56(51)68/h1-37H. The minimum absolute atomic E-state index is 0.540. The van der Waals surface area contributed by atoms with E-state index in [1.807, 2.05) is 18.2 Å². The van der Waals surface area contributed by atoms with Gasteiger partial charge in [-0.15, -0.1) is 0 Å². The monoisotopic (exact) mass is 879 g/mol. The zero-order chi connectivity index (χ0) is 45.2. The van der Waals surface area contributed by atoms with Gasteiger partial charge in [0.15, 0.2) is 17.5 Å². The fourth-order valence-corrected chi connectivity index (χ4v) is 11.0. The van der Waals surface area contributed by atoms with E-state index in [1.165, 1.54) is 32.3 Å². The smallest absolute Gasteiger partial charge is 0.167 e. The van der Waals surface area contributed by atoms with Crippen molar-refractivity contribution in [3.63, 3.8) is 0 Å². The minimum atomic E-state index is 0.540. The molecule has 0 saturated heterocycles. The van der Waals surface area contributed by atoms with Crippen LogP contribution in [-0.2, 0) is 0 Å². The molecule has 0 unspecified atom stereocenters. The molecule has 0 saturated carbocycles. The molecule has 11 aromatic carbocycles. The molecule has 320 valence electrons. The average molecular weight is 880 g/mol. The van der Waals surface area contributed by atoms with Crippen molar-refractivity contribution in [2.45, 2.75) is 0 Å². The molecule has 69 heavy (non-hydrogen) atoms. The molecular formula is C63H37N5O. The highest BCUT2D eigenvalue weighted by Crippen LogP contribution is 2.45. The number of para-hydroxylation sites is 3. The van der Waals surface area contributed by atoms with Crippen LogP contribution < -0.4 is 0 Å². The first-order valence-corrected chi connectivity index (χ1v) is 23.3. The van der Waals surface area contributed by atoms with Crippen LogP contribution in [0.15, 0.2) is 229 Å². The zero-order valence-corrected chi connectivity index (χ0v) is 37.0. The van der Waals surface area contributed by atoms with E-state index in [4.69, 9.17) is 19.4 Å². The normalized spacial score (nSPS) is 12.1. The van der Waals surface area contributed by atoms with Gasteiger partial charge >= 0.3 is 0 Å². The second-order valence-electron chi connectivity index (χ2n) is 17.9. The highest BCUT2D eigenvalue weighted by molar-refractivity contribution is 6.22. The van der Waals surface area contributed by atoms with E-state index in [0.29, 0.717) is 17.5 Å². The van der Waals surface area contributed by atoms with Crippen molar-refractivity contribution in [1.82, 2.24) is 24.1 Å². The van der Waals surface area contributed by atoms with Gasteiger partial charge < -0.3 is 13.6 Å². The topological polar surface area (TPSA) is 61.7 Å². The van der Waals surface area contributed by atoms with Gasteiger partial charge in [0.1, 0.15) is 11.2 Å². The van der Waals surface area contributed by atoms with Crippen LogP contribution in [0, 0.1) is 0 Å². The Kier molecular flexibility index (Phi) is 7.97. The van der Waals surface area contributed by atoms with E-state index in [2.05, 4.69) is 215 Å². The molecular weight excluding hydrogens is 843 g/mol. The van der Waals surface area contributed by atoms with Crippen molar-refractivity contribution in [3.8, 4) is 45.5 Å². The van der Waals surface area contributed by atoms with Gasteiger partial charge in [-0.25, -0.2) is 15.0 Å². The van der Waals surface area contributed by atoms with Crippen molar-refractivity contribution < 1.29 is 4.42 Å². The summed E-state index contributed by atoms with van der Waals surface area (Å²) in [5.41, 5.74) is 10.9. The summed E-state index contributed by atoms with van der Waals surface area (Å²) in [7, 11) is 0. The van der Waals surface area contributed by atoms with Gasteiger partial charge in [-0.1, -0.05) is 164 Å². The number of hydrogen-bond acceptors (Lipinski definition) is 4. The number of benzene rings is 11. The van der Waals surface area contributed by atoms with Crippen molar-refractivity contribution in [3.05, 3.63) is 224 Å². The molecule has 4 aromatic heterocycles. The molecule has 4 heterocycles. The fourth-order valence-electron chi connectivity index (χ4n) is 11.0. The highest BCUT2D eigenvalue weighted by Gasteiger charge is 2.24. The molecule has 0 fully saturated rings. The van der Waals surface area contributed by atoms with E-state index in [9.17, 15) is 0 Å². The van der Waals surface area contributed by atoms with Crippen LogP contribution in [0.5, 0.6) is 0 Å². The maximum absolute atomic E-state index is 7.17. The van der Waals surface area contributed by atoms with Crippen molar-refractivity contribution in [2.24, 2.45) is 0 Å². The van der Waals surface area contributed by atoms with Crippen LogP contribution in [0.3, 0.4) is 0 Å². The van der Waals surface area contributed by atoms with Crippen LogP contribution in [0.2, 0.25) is 0 Å². The molecule has 15 aromatic rings. The number of fused-ring (bicyclic) bond motifs is 13. The van der Waals surface area contributed by atoms with Crippen molar-refractivity contribution >= 4 is 97.9 Å². The summed E-state index contributed by atoms with van der Waals surface area (Å²) in [5, 5.41) is 13.6. The Bertz CT molecular complexity index is 4510. The largest absolute Gasteiger partial charge is 0.455 e. The molecule has 0 spiro atoms. The zero-order valence-electron chi connectivity index (χ0n) is 37.0. The molecule has 15 rings (SSSR count). The third kappa shape index (κ3) is 5.63. The van der Waals surface area contributed by atoms with Crippen LogP contribution in [-0.4, -0.2) is 24.1 Å². The highest BCUT2D eigenvalue weighted by atomic mass is 16.3. The first-order valence-electron chi connectivity index (χ1n) is 23.3. The van der Waals surface area contributed by atoms with Gasteiger partial charge in [0.2, 0.25) is 0 Å². The first kappa shape index (κ1) is 37.8. The molecule has 0 radical (unpaired) electrons. The molecule has 6 nitrogen and oxygen atoms in total. The van der Waals surface area contributed by atoms with Crippen molar-refractivity contribution in [2.75, 3.05) is 0 Å². The predicted molar refractivity (Wildman–Crippen MR) is 285 cm³/mol. The number of furan rings is 1. The predicted octanol–water partition coefficient (Wildman–Crippen LogP) is 16.4. The lowest BCUT2D eigenvalue weighted by Crippen LogP contribution is -2.00. The summed E-state index contributed by atoms with van der Waals surface area (Å²) in [4.78, 5) is 15.9. The van der Waals surface area contributed by atoms with Gasteiger partial charge in [0, 0.05) is 59.9 Å². The molecule has 0 amide bonds. The summed E-state index contributed by atoms with van der Waals surface area (Å²) in [6, 6.07) is 79.7. The second kappa shape index (κ2) is 14.6. The average Bonchev–Trinajstić information content (AvgIpc) is 4.07. The minimum Gasteiger partial charge on any atom is -0.455 e. The van der Waals surface area contributed by atoms with E-state index in [1.54, 1.807) is 0 Å². The fraction of sp³-hybridized carbons (Fsp3) is 0. The Hall–Kier alpha value is -9.39. The van der Waals surface area contributed by atoms with Gasteiger partial charge in [0.25, 0.3) is 0 Å². The quantitative estimate of drug-likeness (QED) is 0.173. The van der Waals surface area contributed by atoms with Gasteiger partial charge in [-0.2, -0.15) is 0 Å². The lowest BCUT2D eigenvalue weighted by Gasteiger charge is -2.13. The van der Waals surface area contributed by atoms with E-state index < -0.39 is 0 Å². The summed E-state index contributed by atoms with van der Waals surface area (Å²) < 4.78 is 12.0. The Morgan fingerprint density at radius 1 is 0.304 bits per heavy atom. The molecule has 0 aliphatic heterocycles. The molecule has 6 heteroatoms. The Balaban J connectivity index is 0.996. The Morgan fingerprint density at radius 2 is 0.812 bits per heavy atom. The van der Waals surface area contributed by atoms with Gasteiger partial charge in [-0.3, -0.25) is 0 Å². The second-order valence-corrected chi connectivity index (χ2v) is 17.9. The number of aromatic nitrogens is 5. The lowest BCUT2D eigenvalue weighted by atomic mass is 10.0. The summed E-state index contributed by atoms with van der Waals surface area (Å²) >= 11 is 0. The van der Waals surface area contributed by atoms with Gasteiger partial charge in [0.05, 0.1) is 33.3 Å². The molecule has 0 bridgehead atoms. The summed E-state index contributed by atoms with van der Waals surface area (Å²) in [6.07, 6.45) is 0. The third-order valence-corrected chi connectivity index (χ3v) is 14.1. The molecule has 0 aliphatic carbocycles. The first-order chi connectivity index (χ1) is 34.2. The maximum Gasteiger partial charge on any atom is 0.167 e. The van der Waals surface area contributed by atoms with Gasteiger partial charge in [-0.05, 0) is 82.2 Å². The summed E-state index contributed by atoms with van der Waals surface area (Å²) in [5.74, 6) is 1.72. The van der Waals surface area contributed by atoms with E-state index >= 15 is 0 Å². The maximum atomic E-state index is 7.17. The van der Waals surface area contributed by atoms with E-state index in [-0.39, 0.29) is 0 Å². The van der Waals surface area contributed by atoms with Crippen LogP contribution in [0.1, 0.15) is 0 Å². The SMILES string of the molecule is c1ccc(-c2nc(-c3cccc4c3oc3c5ccccc5c(-n5c6cc7ccccc7cc6c6cc7ccccc7cc65)cc43)nc(-c3cccc4c3c3ccccc3n4-c3ccccc3)n2)cc1. The Morgan fingerprint density at radius 3 is 1.52 bits per heavy atom. The summed E-state index contributed by atoms with van der Waals surface area (Å²) in [6.45, 7) is 0. The van der Waals surface area contributed by atoms with Crippen LogP contribution in [0.4, 0.5) is 0 Å². The molecule has 0 atom stereocenters.